The molecule has 0 fully saturated rings. The second kappa shape index (κ2) is 5.42. The monoisotopic (exact) mass is 246 g/mol. The Kier molecular flexibility index (Phi) is 4.48. The fraction of sp³-hybridized carbons (Fsp3) is 0.556. The van der Waals surface area contributed by atoms with Crippen molar-refractivity contribution in [2.75, 3.05) is 13.1 Å². The van der Waals surface area contributed by atoms with Crippen LogP contribution in [0.25, 0.3) is 0 Å². The van der Waals surface area contributed by atoms with Gasteiger partial charge in [-0.2, -0.15) is 0 Å². The Balaban J connectivity index is 2.35. The second-order valence-corrected chi connectivity index (χ2v) is 3.74. The molecule has 1 aromatic heterocycles. The smallest absolute Gasteiger partial charge is 0.169 e. The molecule has 0 saturated carbocycles. The van der Waals surface area contributed by atoms with Gasteiger partial charge in [0, 0.05) is 0 Å². The van der Waals surface area contributed by atoms with E-state index in [1.807, 2.05) is 12.1 Å². The van der Waals surface area contributed by atoms with Crippen LogP contribution in [0.3, 0.4) is 0 Å². The molecule has 0 saturated heterocycles. The van der Waals surface area contributed by atoms with E-state index in [9.17, 15) is 0 Å². The summed E-state index contributed by atoms with van der Waals surface area (Å²) in [5.41, 5.74) is 5.39. The van der Waals surface area contributed by atoms with Gasteiger partial charge in [0.25, 0.3) is 0 Å². The molecule has 0 aliphatic heterocycles. The molecule has 1 heterocycles. The zero-order chi connectivity index (χ0) is 9.68. The van der Waals surface area contributed by atoms with E-state index in [1.54, 1.807) is 0 Å². The highest BCUT2D eigenvalue weighted by molar-refractivity contribution is 9.10. The maximum atomic E-state index is 5.40. The number of nitrogens with two attached hydrogens (primary N) is 1. The Hall–Kier alpha value is -0.320. The first-order valence-corrected chi connectivity index (χ1v) is 5.22. The molecule has 0 aromatic carbocycles. The van der Waals surface area contributed by atoms with Crippen LogP contribution in [0.15, 0.2) is 21.2 Å². The van der Waals surface area contributed by atoms with Crippen LogP contribution in [0.4, 0.5) is 0 Å². The van der Waals surface area contributed by atoms with Crippen LogP contribution in [0.5, 0.6) is 0 Å². The molecule has 4 heteroatoms. The molecule has 3 N–H and O–H groups in total. The van der Waals surface area contributed by atoms with Crippen LogP contribution in [-0.2, 0) is 0 Å². The van der Waals surface area contributed by atoms with Crippen molar-refractivity contribution in [2.45, 2.75) is 19.4 Å². The first-order chi connectivity index (χ1) is 6.24. The molecule has 3 nitrogen and oxygen atoms in total. The minimum Gasteiger partial charge on any atom is -0.453 e. The summed E-state index contributed by atoms with van der Waals surface area (Å²) >= 11 is 3.27. The van der Waals surface area contributed by atoms with E-state index in [4.69, 9.17) is 10.2 Å². The Bertz CT molecular complexity index is 250. The van der Waals surface area contributed by atoms with Crippen molar-refractivity contribution in [3.8, 4) is 0 Å². The van der Waals surface area contributed by atoms with Crippen molar-refractivity contribution in [1.29, 1.82) is 0 Å². The molecule has 0 aliphatic rings. The Labute approximate surface area is 86.8 Å². The van der Waals surface area contributed by atoms with Crippen LogP contribution >= 0.6 is 15.9 Å². The summed E-state index contributed by atoms with van der Waals surface area (Å²) in [6, 6.07) is 4.11. The first-order valence-electron chi connectivity index (χ1n) is 4.42. The number of halogens is 1. The number of hydrogen-bond donors (Lipinski definition) is 2. The molecule has 13 heavy (non-hydrogen) atoms. The molecule has 0 spiro atoms. The summed E-state index contributed by atoms with van der Waals surface area (Å²) in [7, 11) is 0. The summed E-state index contributed by atoms with van der Waals surface area (Å²) in [6.07, 6.45) is 0.992. The van der Waals surface area contributed by atoms with E-state index >= 15 is 0 Å². The standard InChI is InChI=1S/C9H15BrN2O/c1-7(12-6-2-5-11)8-3-4-9(10)13-8/h3-4,7,12H,2,5-6,11H2,1H3. The lowest BCUT2D eigenvalue weighted by Gasteiger charge is -2.09. The predicted molar refractivity (Wildman–Crippen MR) is 56.5 cm³/mol. The molecule has 0 aliphatic carbocycles. The SMILES string of the molecule is CC(NCCCN)c1ccc(Br)o1. The van der Waals surface area contributed by atoms with Crippen LogP contribution in [0, 0.1) is 0 Å². The Morgan fingerprint density at radius 1 is 1.62 bits per heavy atom. The van der Waals surface area contributed by atoms with E-state index in [1.165, 1.54) is 0 Å². The molecule has 0 radical (unpaired) electrons. The number of hydrogen-bond acceptors (Lipinski definition) is 3. The summed E-state index contributed by atoms with van der Waals surface area (Å²) in [5.74, 6) is 0.948. The molecule has 0 bridgehead atoms. The van der Waals surface area contributed by atoms with Gasteiger partial charge in [0.15, 0.2) is 4.67 Å². The first kappa shape index (κ1) is 10.8. The van der Waals surface area contributed by atoms with Crippen molar-refractivity contribution < 1.29 is 4.42 Å². The van der Waals surface area contributed by atoms with Gasteiger partial charge in [-0.25, -0.2) is 0 Å². The lowest BCUT2D eigenvalue weighted by atomic mass is 10.2. The zero-order valence-electron chi connectivity index (χ0n) is 7.72. The van der Waals surface area contributed by atoms with Crippen molar-refractivity contribution in [1.82, 2.24) is 5.32 Å². The molecule has 1 rings (SSSR count). The largest absolute Gasteiger partial charge is 0.453 e. The van der Waals surface area contributed by atoms with E-state index < -0.39 is 0 Å². The van der Waals surface area contributed by atoms with Gasteiger partial charge in [0.2, 0.25) is 0 Å². The zero-order valence-corrected chi connectivity index (χ0v) is 9.30. The summed E-state index contributed by atoms with van der Waals surface area (Å²) < 4.78 is 6.17. The number of rotatable bonds is 5. The Morgan fingerprint density at radius 2 is 2.38 bits per heavy atom. The van der Waals surface area contributed by atoms with E-state index in [0.29, 0.717) is 0 Å². The van der Waals surface area contributed by atoms with Crippen molar-refractivity contribution >= 4 is 15.9 Å². The van der Waals surface area contributed by atoms with Crippen LogP contribution in [0.1, 0.15) is 25.1 Å². The molecule has 74 valence electrons. The van der Waals surface area contributed by atoms with Gasteiger partial charge in [-0.1, -0.05) is 0 Å². The fourth-order valence-corrected chi connectivity index (χ4v) is 1.40. The van der Waals surface area contributed by atoms with E-state index in [2.05, 4.69) is 28.2 Å². The fourth-order valence-electron chi connectivity index (χ4n) is 1.08. The highest BCUT2D eigenvalue weighted by Gasteiger charge is 2.07. The lowest BCUT2D eigenvalue weighted by Crippen LogP contribution is -2.21. The van der Waals surface area contributed by atoms with Crippen molar-refractivity contribution in [3.05, 3.63) is 22.6 Å². The topological polar surface area (TPSA) is 51.2 Å². The lowest BCUT2D eigenvalue weighted by molar-refractivity contribution is 0.418. The third-order valence-electron chi connectivity index (χ3n) is 1.85. The summed E-state index contributed by atoms with van der Waals surface area (Å²) in [5, 5.41) is 3.32. The maximum Gasteiger partial charge on any atom is 0.169 e. The highest BCUT2D eigenvalue weighted by Crippen LogP contribution is 2.19. The van der Waals surface area contributed by atoms with Crippen LogP contribution in [0.2, 0.25) is 0 Å². The molecule has 1 atom stereocenters. The van der Waals surface area contributed by atoms with E-state index in [0.717, 1.165) is 29.9 Å². The molecule has 1 aromatic rings. The normalized spacial score (nSPS) is 13.2. The van der Waals surface area contributed by atoms with Gasteiger partial charge >= 0.3 is 0 Å². The van der Waals surface area contributed by atoms with Gasteiger partial charge in [0.1, 0.15) is 5.76 Å². The van der Waals surface area contributed by atoms with Gasteiger partial charge in [-0.15, -0.1) is 0 Å². The third kappa shape index (κ3) is 3.50. The minimum absolute atomic E-state index is 0.248. The minimum atomic E-state index is 0.248. The van der Waals surface area contributed by atoms with Crippen LogP contribution < -0.4 is 11.1 Å². The molecular weight excluding hydrogens is 232 g/mol. The number of nitrogens with one attached hydrogen (secondary N) is 1. The Morgan fingerprint density at radius 3 is 2.92 bits per heavy atom. The van der Waals surface area contributed by atoms with Gasteiger partial charge < -0.3 is 15.5 Å². The van der Waals surface area contributed by atoms with Gasteiger partial charge in [-0.3, -0.25) is 0 Å². The molecule has 0 amide bonds. The highest BCUT2D eigenvalue weighted by atomic mass is 79.9. The quantitative estimate of drug-likeness (QED) is 0.783. The third-order valence-corrected chi connectivity index (χ3v) is 2.28. The van der Waals surface area contributed by atoms with Gasteiger partial charge in [-0.05, 0) is 54.5 Å². The van der Waals surface area contributed by atoms with Crippen LogP contribution in [-0.4, -0.2) is 13.1 Å². The average molecular weight is 247 g/mol. The predicted octanol–water partition coefficient (Wildman–Crippen LogP) is 2.04. The van der Waals surface area contributed by atoms with Gasteiger partial charge in [0.05, 0.1) is 6.04 Å². The number of furan rings is 1. The van der Waals surface area contributed by atoms with Crippen molar-refractivity contribution in [2.24, 2.45) is 5.73 Å². The average Bonchev–Trinajstić information content (AvgIpc) is 2.52. The molecule has 1 unspecified atom stereocenters. The van der Waals surface area contributed by atoms with Crippen molar-refractivity contribution in [3.63, 3.8) is 0 Å². The second-order valence-electron chi connectivity index (χ2n) is 2.96. The molecular formula is C9H15BrN2O. The van der Waals surface area contributed by atoms with E-state index in [-0.39, 0.29) is 6.04 Å². The maximum absolute atomic E-state index is 5.40. The summed E-state index contributed by atoms with van der Waals surface area (Å²) in [6.45, 7) is 3.72. The summed E-state index contributed by atoms with van der Waals surface area (Å²) in [4.78, 5) is 0.